The van der Waals surface area contributed by atoms with E-state index in [0.717, 1.165) is 115 Å². The lowest BCUT2D eigenvalue weighted by atomic mass is 10.1. The first-order chi connectivity index (χ1) is 41.1. The lowest BCUT2D eigenvalue weighted by Crippen LogP contribution is -2.32. The van der Waals surface area contributed by atoms with E-state index in [1.807, 2.05) is 27.7 Å². The summed E-state index contributed by atoms with van der Waals surface area (Å²) in [6.45, 7) is 11.6. The highest BCUT2D eigenvalue weighted by molar-refractivity contribution is 5.99. The molecule has 0 atom stereocenters. The van der Waals surface area contributed by atoms with Crippen LogP contribution in [0.25, 0.3) is 90.9 Å². The molecule has 0 saturated heterocycles. The first kappa shape index (κ1) is 59.7. The number of aromatic amines is 2. The number of nitrogens with zero attached hydrogens (tertiary/aromatic N) is 6. The number of carbonyl (C=O) groups excluding carboxylic acids is 4. The Hall–Kier alpha value is -8.92. The SMILES string of the molecule is CCOC(=O)CCCC[n+]1cccc(-c2c3nc(c(-c4ccc[n+](CCCCC(=O)OCC)c4)c4ccc([nH]4)c(-c4ccc[n+](CCCCC(=O)OCC)c4)c4nc(c(-c5ccc[n+](CCCCC(=O)OCC)c5)c5ccc2[nH]5)C=C4)C=C3)c1. The van der Waals surface area contributed by atoms with Crippen molar-refractivity contribution in [3.05, 3.63) is 145 Å². The number of esters is 4. The van der Waals surface area contributed by atoms with Gasteiger partial charge in [-0.25, -0.2) is 28.2 Å². The van der Waals surface area contributed by atoms with Crippen molar-refractivity contribution in [3.63, 3.8) is 0 Å². The van der Waals surface area contributed by atoms with Crippen molar-refractivity contribution in [3.8, 4) is 44.5 Å². The van der Waals surface area contributed by atoms with Crippen LogP contribution in [0, 0.1) is 0 Å². The van der Waals surface area contributed by atoms with E-state index >= 15 is 0 Å². The summed E-state index contributed by atoms with van der Waals surface area (Å²) in [5.74, 6) is -0.715. The molecule has 0 spiro atoms. The van der Waals surface area contributed by atoms with Gasteiger partial charge in [-0.15, -0.1) is 0 Å². The Morgan fingerprint density at radius 2 is 0.595 bits per heavy atom. The van der Waals surface area contributed by atoms with E-state index in [2.05, 4.69) is 175 Å². The third-order valence-corrected chi connectivity index (χ3v) is 14.8. The Morgan fingerprint density at radius 1 is 0.357 bits per heavy atom. The molecule has 84 heavy (non-hydrogen) atoms. The monoisotopic (exact) mass is 1130 g/mol. The second-order valence-corrected chi connectivity index (χ2v) is 20.9. The van der Waals surface area contributed by atoms with Crippen LogP contribution in [0.1, 0.15) is 128 Å². The number of pyridine rings is 4. The smallest absolute Gasteiger partial charge is 0.305 e. The molecular weight excluding hydrogens is 1060 g/mol. The summed E-state index contributed by atoms with van der Waals surface area (Å²) >= 11 is 0. The van der Waals surface area contributed by atoms with Gasteiger partial charge in [0.15, 0.2) is 49.6 Å². The first-order valence-corrected chi connectivity index (χ1v) is 29.9. The molecule has 0 amide bonds. The fourth-order valence-electron chi connectivity index (χ4n) is 10.8. The average molecular weight is 1140 g/mol. The minimum Gasteiger partial charge on any atom is -0.466 e. The van der Waals surface area contributed by atoms with Gasteiger partial charge in [-0.05, 0) is 126 Å². The van der Waals surface area contributed by atoms with Crippen LogP contribution in [-0.4, -0.2) is 70.2 Å². The third kappa shape index (κ3) is 15.8. The number of aryl methyl sites for hydroxylation is 4. The number of ether oxygens (including phenoxy) is 4. The maximum atomic E-state index is 12.2. The Kier molecular flexibility index (Phi) is 21.2. The van der Waals surface area contributed by atoms with E-state index in [-0.39, 0.29) is 23.9 Å². The van der Waals surface area contributed by atoms with Crippen LogP contribution < -0.4 is 18.3 Å². The number of nitrogens with one attached hydrogen (secondary N) is 2. The number of hydrogen-bond donors (Lipinski definition) is 2. The van der Waals surface area contributed by atoms with Crippen LogP contribution in [0.2, 0.25) is 0 Å². The lowest BCUT2D eigenvalue weighted by molar-refractivity contribution is -0.697. The number of fused-ring (bicyclic) bond motifs is 8. The maximum Gasteiger partial charge on any atom is 0.305 e. The van der Waals surface area contributed by atoms with Crippen LogP contribution in [0.4, 0.5) is 0 Å². The van der Waals surface area contributed by atoms with Gasteiger partial charge < -0.3 is 28.9 Å². The predicted molar refractivity (Wildman–Crippen MR) is 323 cm³/mol. The zero-order valence-electron chi connectivity index (χ0n) is 48.9. The zero-order chi connectivity index (χ0) is 58.6. The molecule has 9 heterocycles. The normalized spacial score (nSPS) is 11.7. The van der Waals surface area contributed by atoms with Gasteiger partial charge in [0, 0.05) is 142 Å². The van der Waals surface area contributed by atoms with E-state index in [1.54, 1.807) is 0 Å². The van der Waals surface area contributed by atoms with Gasteiger partial charge in [0.1, 0.15) is 26.2 Å². The molecule has 0 fully saturated rings. The number of unbranched alkanes of at least 4 members (excludes halogenated alkanes) is 4. The number of aromatic nitrogens is 8. The van der Waals surface area contributed by atoms with Gasteiger partial charge in [0.05, 0.1) is 49.2 Å². The molecule has 9 rings (SSSR count). The highest BCUT2D eigenvalue weighted by Gasteiger charge is 2.23. The van der Waals surface area contributed by atoms with Crippen LogP contribution in [0.5, 0.6) is 0 Å². The van der Waals surface area contributed by atoms with Crippen molar-refractivity contribution in [2.45, 2.75) is 131 Å². The van der Waals surface area contributed by atoms with E-state index in [4.69, 9.17) is 28.9 Å². The molecule has 7 aromatic rings. The second kappa shape index (κ2) is 29.9. The third-order valence-electron chi connectivity index (χ3n) is 14.8. The topological polar surface area (TPSA) is 178 Å². The molecule has 8 bridgehead atoms. The number of carbonyl (C=O) groups is 4. The van der Waals surface area contributed by atoms with Gasteiger partial charge in [0.2, 0.25) is 0 Å². The Morgan fingerprint density at radius 3 is 0.821 bits per heavy atom. The molecule has 0 unspecified atom stereocenters. The molecule has 7 aromatic heterocycles. The second-order valence-electron chi connectivity index (χ2n) is 20.9. The molecule has 16 nitrogen and oxygen atoms in total. The summed E-state index contributed by atoms with van der Waals surface area (Å²) < 4.78 is 29.5. The minimum absolute atomic E-state index is 0.179. The van der Waals surface area contributed by atoms with Crippen molar-refractivity contribution in [2.24, 2.45) is 0 Å². The molecular formula is C68H78N8O8+4. The summed E-state index contributed by atoms with van der Waals surface area (Å²) in [5, 5.41) is 0. The minimum atomic E-state index is -0.179. The van der Waals surface area contributed by atoms with Crippen LogP contribution in [0.3, 0.4) is 0 Å². The van der Waals surface area contributed by atoms with Gasteiger partial charge >= 0.3 is 23.9 Å². The van der Waals surface area contributed by atoms with E-state index in [9.17, 15) is 19.2 Å². The number of hydrogen-bond acceptors (Lipinski definition) is 10. The fourth-order valence-corrected chi connectivity index (χ4v) is 10.8. The van der Waals surface area contributed by atoms with Crippen molar-refractivity contribution in [2.75, 3.05) is 26.4 Å². The maximum absolute atomic E-state index is 12.2. The van der Waals surface area contributed by atoms with Crippen molar-refractivity contribution < 1.29 is 56.4 Å². The summed E-state index contributed by atoms with van der Waals surface area (Å²) in [7, 11) is 0. The molecule has 0 radical (unpaired) electrons. The fraction of sp³-hybridized carbons (Fsp3) is 0.353. The molecule has 434 valence electrons. The van der Waals surface area contributed by atoms with Crippen molar-refractivity contribution >= 4 is 70.2 Å². The number of H-pyrrole nitrogens is 2. The highest BCUT2D eigenvalue weighted by Crippen LogP contribution is 2.38. The molecule has 0 aliphatic carbocycles. The lowest BCUT2D eigenvalue weighted by Gasteiger charge is -2.07. The molecule has 2 aliphatic heterocycles. The molecule has 2 aliphatic rings. The standard InChI is InChI=1S/C68H78N8O8/c1-5-81-61(77)25-9-13-37-73-41-17-21-49(45-73)65-53-29-31-55(69-53)66(50-22-18-42-74(46-50)38-14-10-26-62(78)82-6-2)57-33-35-59(71-57)68(52-24-20-44-76(48-52)40-16-12-28-64(80)84-8-4)60-36-34-58(72-60)67(56-32-30-54(65)70-56)51-23-19-43-75(47-51)39-15-11-27-63(79)83-7-3/h17-24,29-36,41-48,69,72H,5-16,25-28,37-40H2,1-4H3/q+4. The predicted octanol–water partition coefficient (Wildman–Crippen LogP) is 11.4. The summed E-state index contributed by atoms with van der Waals surface area (Å²) in [6, 6.07) is 25.2. The van der Waals surface area contributed by atoms with Crippen LogP contribution in [-0.2, 0) is 64.3 Å². The van der Waals surface area contributed by atoms with E-state index < -0.39 is 0 Å². The number of rotatable bonds is 28. The quantitative estimate of drug-likeness (QED) is 0.0208. The summed E-state index contributed by atoms with van der Waals surface area (Å²) in [6.07, 6.45) is 32.8. The largest absolute Gasteiger partial charge is 0.466 e. The summed E-state index contributed by atoms with van der Waals surface area (Å²) in [5.41, 5.74) is 14.0. The van der Waals surface area contributed by atoms with E-state index in [0.29, 0.717) is 104 Å². The van der Waals surface area contributed by atoms with Gasteiger partial charge in [0.25, 0.3) is 0 Å². The molecule has 2 N–H and O–H groups in total. The summed E-state index contributed by atoms with van der Waals surface area (Å²) in [4.78, 5) is 67.9. The highest BCUT2D eigenvalue weighted by atomic mass is 16.5. The molecule has 0 aromatic carbocycles. The van der Waals surface area contributed by atoms with Gasteiger partial charge in [-0.2, -0.15) is 0 Å². The Bertz CT molecular complexity index is 3240. The van der Waals surface area contributed by atoms with Gasteiger partial charge in [-0.1, -0.05) is 0 Å². The Balaban J connectivity index is 1.25. The van der Waals surface area contributed by atoms with Gasteiger partial charge in [-0.3, -0.25) is 19.2 Å². The molecule has 0 saturated carbocycles. The van der Waals surface area contributed by atoms with Crippen molar-refractivity contribution in [1.29, 1.82) is 0 Å². The Labute approximate surface area is 491 Å². The van der Waals surface area contributed by atoms with Crippen LogP contribution >= 0.6 is 0 Å². The van der Waals surface area contributed by atoms with Crippen LogP contribution in [0.15, 0.2) is 122 Å². The molecule has 16 heteroatoms. The first-order valence-electron chi connectivity index (χ1n) is 29.9. The van der Waals surface area contributed by atoms with E-state index in [1.165, 1.54) is 0 Å². The van der Waals surface area contributed by atoms with Crippen molar-refractivity contribution in [1.82, 2.24) is 19.9 Å². The average Bonchev–Trinajstić information content (AvgIpc) is 3.10. The zero-order valence-corrected chi connectivity index (χ0v) is 48.9.